The fourth-order valence-electron chi connectivity index (χ4n) is 1.20. The number of nitrogens with one attached hydrogen (secondary N) is 1. The Morgan fingerprint density at radius 2 is 1.73 bits per heavy atom. The number of likely N-dealkylation sites (N-methyl/N-ethyl adjacent to an activating group) is 1. The molecule has 1 saturated heterocycles. The lowest BCUT2D eigenvalue weighted by molar-refractivity contribution is -0.786. The molecule has 11 heavy (non-hydrogen) atoms. The van der Waals surface area contributed by atoms with E-state index in [-0.39, 0.29) is 3.89 Å². The van der Waals surface area contributed by atoms with E-state index in [0.717, 1.165) is 13.1 Å². The van der Waals surface area contributed by atoms with Crippen LogP contribution in [0.3, 0.4) is 0 Å². The van der Waals surface area contributed by atoms with Crippen LogP contribution in [0.5, 0.6) is 0 Å². The second kappa shape index (κ2) is 2.73. The van der Waals surface area contributed by atoms with E-state index in [1.54, 1.807) is 7.05 Å². The minimum atomic E-state index is -2.93. The van der Waals surface area contributed by atoms with Crippen molar-refractivity contribution in [3.8, 4) is 0 Å². The Labute approximate surface area is 67.8 Å². The van der Waals surface area contributed by atoms with Crippen LogP contribution in [0, 0.1) is 0 Å². The lowest BCUT2D eigenvalue weighted by Gasteiger charge is -2.34. The highest BCUT2D eigenvalue weighted by Crippen LogP contribution is 2.10. The lowest BCUT2D eigenvalue weighted by Crippen LogP contribution is -2.58. The maximum absolute atomic E-state index is 11.3. The molecular weight excluding hydrogens is 164 g/mol. The van der Waals surface area contributed by atoms with Crippen LogP contribution in [0.1, 0.15) is 0 Å². The lowest BCUT2D eigenvalue weighted by atomic mass is 10.4. The molecule has 0 spiro atoms. The Kier molecular flexibility index (Phi) is 2.22. The summed E-state index contributed by atoms with van der Waals surface area (Å²) in [5, 5.41) is 3.13. The Morgan fingerprint density at radius 3 is 2.00 bits per heavy atom. The van der Waals surface area contributed by atoms with Crippen molar-refractivity contribution in [1.82, 2.24) is 5.32 Å². The largest absolute Gasteiger partial charge is 0.306 e. The Bertz CT molecular complexity index is 229. The van der Waals surface area contributed by atoms with E-state index >= 15 is 0 Å². The fraction of sp³-hybridized carbons (Fsp3) is 1.00. The molecule has 0 aromatic heterocycles. The number of hydrogen-bond acceptors (Lipinski definition) is 3. The molecule has 0 amide bonds. The van der Waals surface area contributed by atoms with Gasteiger partial charge in [0.25, 0.3) is 10.0 Å². The minimum Gasteiger partial charge on any atom is -0.306 e. The molecule has 1 fully saturated rings. The molecule has 0 saturated carbocycles. The molecule has 5 heteroatoms. The fourth-order valence-corrected chi connectivity index (χ4v) is 2.05. The molecule has 0 bridgehead atoms. The van der Waals surface area contributed by atoms with Crippen molar-refractivity contribution >= 4 is 10.0 Å². The van der Waals surface area contributed by atoms with E-state index < -0.39 is 10.0 Å². The smallest absolute Gasteiger partial charge is 0.294 e. The van der Waals surface area contributed by atoms with Gasteiger partial charge in [-0.05, 0) is 0 Å². The van der Waals surface area contributed by atoms with Crippen molar-refractivity contribution in [2.24, 2.45) is 0 Å². The zero-order valence-electron chi connectivity index (χ0n) is 7.00. The van der Waals surface area contributed by atoms with E-state index in [1.165, 1.54) is 6.26 Å². The highest BCUT2D eigenvalue weighted by molar-refractivity contribution is 7.85. The molecule has 0 radical (unpaired) electrons. The van der Waals surface area contributed by atoms with Gasteiger partial charge in [0, 0.05) is 13.1 Å². The SMILES string of the molecule is C[N+]1(S(C)(=O)=O)CCNCC1. The maximum Gasteiger partial charge on any atom is 0.294 e. The van der Waals surface area contributed by atoms with Crippen molar-refractivity contribution in [3.63, 3.8) is 0 Å². The average molecular weight is 179 g/mol. The van der Waals surface area contributed by atoms with Gasteiger partial charge in [-0.3, -0.25) is 0 Å². The normalized spacial score (nSPS) is 24.9. The van der Waals surface area contributed by atoms with Gasteiger partial charge in [0.1, 0.15) is 13.1 Å². The summed E-state index contributed by atoms with van der Waals surface area (Å²) in [6.07, 6.45) is 1.30. The topological polar surface area (TPSA) is 46.2 Å². The first-order valence-corrected chi connectivity index (χ1v) is 5.56. The Balaban J connectivity index is 2.81. The summed E-state index contributed by atoms with van der Waals surface area (Å²) in [4.78, 5) is 0. The van der Waals surface area contributed by atoms with Gasteiger partial charge in [0.2, 0.25) is 0 Å². The summed E-state index contributed by atoms with van der Waals surface area (Å²) in [5.41, 5.74) is 0. The zero-order chi connectivity index (χ0) is 8.54. The highest BCUT2D eigenvalue weighted by Gasteiger charge is 2.34. The summed E-state index contributed by atoms with van der Waals surface area (Å²) < 4.78 is 22.7. The second-order valence-electron chi connectivity index (χ2n) is 3.23. The monoisotopic (exact) mass is 179 g/mol. The molecular formula is C6H15N2O2S+. The van der Waals surface area contributed by atoms with Crippen molar-refractivity contribution in [1.29, 1.82) is 0 Å². The third-order valence-electron chi connectivity index (χ3n) is 2.32. The standard InChI is InChI=1S/C6H15N2O2S/c1-8(11(2,9)10)5-3-7-4-6-8/h7H,3-6H2,1-2H3/q+1. The second-order valence-corrected chi connectivity index (χ2v) is 5.57. The van der Waals surface area contributed by atoms with Gasteiger partial charge in [-0.2, -0.15) is 8.42 Å². The molecule has 1 heterocycles. The number of sulfonamides is 1. The minimum absolute atomic E-state index is 0.181. The summed E-state index contributed by atoms with van der Waals surface area (Å²) in [5.74, 6) is 0. The van der Waals surface area contributed by atoms with Crippen molar-refractivity contribution in [2.75, 3.05) is 39.5 Å². The summed E-state index contributed by atoms with van der Waals surface area (Å²) >= 11 is 0. The Hall–Kier alpha value is -0.130. The molecule has 66 valence electrons. The van der Waals surface area contributed by atoms with Crippen LogP contribution in [-0.2, 0) is 10.0 Å². The van der Waals surface area contributed by atoms with Gasteiger partial charge in [-0.1, -0.05) is 0 Å². The third-order valence-corrected chi connectivity index (χ3v) is 4.29. The van der Waals surface area contributed by atoms with Crippen LogP contribution < -0.4 is 5.32 Å². The van der Waals surface area contributed by atoms with E-state index in [2.05, 4.69) is 5.32 Å². The predicted molar refractivity (Wildman–Crippen MR) is 43.6 cm³/mol. The third kappa shape index (κ3) is 1.72. The molecule has 4 nitrogen and oxygen atoms in total. The van der Waals surface area contributed by atoms with Crippen LogP contribution in [0.25, 0.3) is 0 Å². The quantitative estimate of drug-likeness (QED) is 0.525. The first-order valence-electron chi connectivity index (χ1n) is 3.71. The van der Waals surface area contributed by atoms with Crippen molar-refractivity contribution in [2.45, 2.75) is 0 Å². The van der Waals surface area contributed by atoms with Crippen molar-refractivity contribution < 1.29 is 12.3 Å². The highest BCUT2D eigenvalue weighted by atomic mass is 32.2. The van der Waals surface area contributed by atoms with Crippen LogP contribution in [0.4, 0.5) is 0 Å². The summed E-state index contributed by atoms with van der Waals surface area (Å²) in [6.45, 7) is 2.95. The maximum atomic E-state index is 11.3. The number of piperazine rings is 1. The molecule has 1 rings (SSSR count). The molecule has 0 unspecified atom stereocenters. The van der Waals surface area contributed by atoms with Gasteiger partial charge < -0.3 is 5.32 Å². The average Bonchev–Trinajstić information content (AvgIpc) is 1.87. The Morgan fingerprint density at radius 1 is 1.27 bits per heavy atom. The summed E-state index contributed by atoms with van der Waals surface area (Å²) in [6, 6.07) is 0. The summed E-state index contributed by atoms with van der Waals surface area (Å²) in [7, 11) is -1.15. The first-order chi connectivity index (χ1) is 4.96. The van der Waals surface area contributed by atoms with E-state index in [9.17, 15) is 8.42 Å². The van der Waals surface area contributed by atoms with Gasteiger partial charge in [-0.15, -0.1) is 0 Å². The van der Waals surface area contributed by atoms with Crippen LogP contribution in [0.15, 0.2) is 0 Å². The van der Waals surface area contributed by atoms with E-state index in [4.69, 9.17) is 0 Å². The molecule has 1 N–H and O–H groups in total. The number of hydrogen-bond donors (Lipinski definition) is 1. The molecule has 0 aromatic rings. The predicted octanol–water partition coefficient (Wildman–Crippen LogP) is -1.00. The molecule has 0 atom stereocenters. The van der Waals surface area contributed by atoms with E-state index in [1.807, 2.05) is 0 Å². The van der Waals surface area contributed by atoms with Crippen LogP contribution in [0.2, 0.25) is 0 Å². The molecule has 0 aliphatic carbocycles. The van der Waals surface area contributed by atoms with Crippen molar-refractivity contribution in [3.05, 3.63) is 0 Å². The molecule has 1 aliphatic heterocycles. The molecule has 1 aliphatic rings. The van der Waals surface area contributed by atoms with Gasteiger partial charge in [0.15, 0.2) is 0 Å². The van der Waals surface area contributed by atoms with E-state index in [0.29, 0.717) is 13.1 Å². The van der Waals surface area contributed by atoms with Crippen LogP contribution in [-0.4, -0.2) is 51.8 Å². The number of nitrogens with zero attached hydrogens (tertiary/aromatic N) is 1. The van der Waals surface area contributed by atoms with Crippen LogP contribution >= 0.6 is 0 Å². The van der Waals surface area contributed by atoms with Gasteiger partial charge >= 0.3 is 0 Å². The van der Waals surface area contributed by atoms with Gasteiger partial charge in [-0.25, -0.2) is 3.89 Å². The zero-order valence-corrected chi connectivity index (χ0v) is 7.82. The van der Waals surface area contributed by atoms with Gasteiger partial charge in [0.05, 0.1) is 13.3 Å². The number of quaternary nitrogens is 1. The first kappa shape index (κ1) is 8.96. The molecule has 0 aromatic carbocycles. The number of rotatable bonds is 1.